The van der Waals surface area contributed by atoms with E-state index >= 15 is 0 Å². The minimum atomic E-state index is -0.216. The average molecular weight is 191 g/mol. The van der Waals surface area contributed by atoms with Gasteiger partial charge in [-0.3, -0.25) is 0 Å². The molecule has 1 aromatic carbocycles. The lowest BCUT2D eigenvalue weighted by Gasteiger charge is -2.14. The van der Waals surface area contributed by atoms with Gasteiger partial charge in [0, 0.05) is 0 Å². The van der Waals surface area contributed by atoms with E-state index in [4.69, 9.17) is 4.74 Å². The highest BCUT2D eigenvalue weighted by atomic mass is 16.5. The van der Waals surface area contributed by atoms with Gasteiger partial charge in [-0.05, 0) is 49.9 Å². The molecule has 0 N–H and O–H groups in total. The van der Waals surface area contributed by atoms with Crippen molar-refractivity contribution in [3.8, 4) is 0 Å². The van der Waals surface area contributed by atoms with Crippen molar-refractivity contribution in [2.24, 2.45) is 0 Å². The van der Waals surface area contributed by atoms with Crippen molar-refractivity contribution in [1.82, 2.24) is 0 Å². The van der Waals surface area contributed by atoms with Crippen molar-refractivity contribution in [1.29, 1.82) is 0 Å². The second-order valence-electron chi connectivity index (χ2n) is 3.64. The van der Waals surface area contributed by atoms with Gasteiger partial charge in [0.1, 0.15) is 6.10 Å². The summed E-state index contributed by atoms with van der Waals surface area (Å²) in [6.45, 7) is 9.47. The summed E-state index contributed by atoms with van der Waals surface area (Å²) in [5, 5.41) is 0. The van der Waals surface area contributed by atoms with Gasteiger partial charge in [0.15, 0.2) is 0 Å². The minimum Gasteiger partial charge on any atom is -0.449 e. The van der Waals surface area contributed by atoms with Crippen LogP contribution in [0.5, 0.6) is 0 Å². The molecule has 1 rings (SSSR count). The number of hydrogen-bond donors (Lipinski definition) is 0. The maximum Gasteiger partial charge on any atom is 0.418 e. The highest BCUT2D eigenvalue weighted by Gasteiger charge is 2.10. The van der Waals surface area contributed by atoms with E-state index in [9.17, 15) is 4.79 Å². The van der Waals surface area contributed by atoms with E-state index in [1.54, 1.807) is 0 Å². The first-order valence-electron chi connectivity index (χ1n) is 4.66. The molecule has 0 aromatic heterocycles. The average Bonchev–Trinajstić information content (AvgIpc) is 2.11. The zero-order valence-electron chi connectivity index (χ0n) is 9.05. The number of rotatable bonds is 3. The van der Waals surface area contributed by atoms with E-state index < -0.39 is 0 Å². The molecule has 0 saturated carbocycles. The predicted octanol–water partition coefficient (Wildman–Crippen LogP) is 2.76. The second kappa shape index (κ2) is 4.27. The zero-order valence-corrected chi connectivity index (χ0v) is 9.05. The highest BCUT2D eigenvalue weighted by Crippen LogP contribution is 2.23. The van der Waals surface area contributed by atoms with Crippen LogP contribution in [0.2, 0.25) is 0 Å². The molecule has 0 aliphatic heterocycles. The fraction of sp³-hybridized carbons (Fsp3) is 0.417. The monoisotopic (exact) mass is 191 g/mol. The summed E-state index contributed by atoms with van der Waals surface area (Å²) in [6.07, 6.45) is -0.216. The van der Waals surface area contributed by atoms with E-state index in [0.717, 1.165) is 11.1 Å². The van der Waals surface area contributed by atoms with E-state index in [1.165, 1.54) is 17.6 Å². The standard InChI is InChI=1S/C12H15O2/c1-8-5-10(3)12(6-9(8)2)11(4)14-7-13/h5-6,11H,1-4H3. The van der Waals surface area contributed by atoms with Gasteiger partial charge in [-0.25, -0.2) is 4.79 Å². The van der Waals surface area contributed by atoms with Crippen LogP contribution in [0.15, 0.2) is 12.1 Å². The molecule has 75 valence electrons. The lowest BCUT2D eigenvalue weighted by atomic mass is 9.98. The smallest absolute Gasteiger partial charge is 0.418 e. The topological polar surface area (TPSA) is 26.3 Å². The van der Waals surface area contributed by atoms with Crippen molar-refractivity contribution in [3.05, 3.63) is 34.4 Å². The molecule has 0 heterocycles. The van der Waals surface area contributed by atoms with Gasteiger partial charge in [0.05, 0.1) is 0 Å². The largest absolute Gasteiger partial charge is 0.449 e. The molecule has 1 radical (unpaired) electrons. The molecule has 2 heteroatoms. The van der Waals surface area contributed by atoms with Gasteiger partial charge in [-0.15, -0.1) is 0 Å². The molecule has 1 aromatic rings. The van der Waals surface area contributed by atoms with Crippen LogP contribution in [0, 0.1) is 20.8 Å². The van der Waals surface area contributed by atoms with Gasteiger partial charge >= 0.3 is 6.47 Å². The van der Waals surface area contributed by atoms with Crippen LogP contribution < -0.4 is 0 Å². The summed E-state index contributed by atoms with van der Waals surface area (Å²) in [4.78, 5) is 10.1. The molecule has 0 amide bonds. The van der Waals surface area contributed by atoms with Crippen molar-refractivity contribution in [2.45, 2.75) is 33.8 Å². The van der Waals surface area contributed by atoms with Crippen molar-refractivity contribution >= 4 is 6.47 Å². The molecule has 1 atom stereocenters. The first-order valence-corrected chi connectivity index (χ1v) is 4.66. The maximum absolute atomic E-state index is 10.1. The SMILES string of the molecule is Cc1cc(C)c(C(C)O[C]=O)cc1C. The van der Waals surface area contributed by atoms with Gasteiger partial charge in [-0.2, -0.15) is 0 Å². The van der Waals surface area contributed by atoms with E-state index in [1.807, 2.05) is 13.8 Å². The van der Waals surface area contributed by atoms with E-state index in [2.05, 4.69) is 26.0 Å². The lowest BCUT2D eigenvalue weighted by molar-refractivity contribution is 0.197. The Bertz CT molecular complexity index is 342. The van der Waals surface area contributed by atoms with E-state index in [-0.39, 0.29) is 6.10 Å². The van der Waals surface area contributed by atoms with Crippen molar-refractivity contribution in [3.63, 3.8) is 0 Å². The Morgan fingerprint density at radius 1 is 1.14 bits per heavy atom. The van der Waals surface area contributed by atoms with Crippen LogP contribution in [-0.4, -0.2) is 6.47 Å². The van der Waals surface area contributed by atoms with Crippen LogP contribution in [0.3, 0.4) is 0 Å². The summed E-state index contributed by atoms with van der Waals surface area (Å²) in [5.74, 6) is 0. The van der Waals surface area contributed by atoms with Gasteiger partial charge in [-0.1, -0.05) is 12.1 Å². The van der Waals surface area contributed by atoms with Crippen LogP contribution >= 0.6 is 0 Å². The zero-order chi connectivity index (χ0) is 10.7. The molecule has 1 unspecified atom stereocenters. The number of carbonyl (C=O) groups excluding carboxylic acids is 1. The van der Waals surface area contributed by atoms with Crippen LogP contribution in [0.4, 0.5) is 0 Å². The van der Waals surface area contributed by atoms with Gasteiger partial charge in [0.25, 0.3) is 0 Å². The minimum absolute atomic E-state index is 0.216. The van der Waals surface area contributed by atoms with Crippen molar-refractivity contribution < 1.29 is 9.53 Å². The molecule has 2 nitrogen and oxygen atoms in total. The van der Waals surface area contributed by atoms with Crippen LogP contribution in [0.25, 0.3) is 0 Å². The molecule has 0 spiro atoms. The third kappa shape index (κ3) is 2.13. The fourth-order valence-corrected chi connectivity index (χ4v) is 1.56. The quantitative estimate of drug-likeness (QED) is 0.734. The summed E-state index contributed by atoms with van der Waals surface area (Å²) >= 11 is 0. The van der Waals surface area contributed by atoms with Gasteiger partial charge in [0.2, 0.25) is 0 Å². The normalized spacial score (nSPS) is 12.3. The number of benzene rings is 1. The van der Waals surface area contributed by atoms with Crippen molar-refractivity contribution in [2.75, 3.05) is 0 Å². The Morgan fingerprint density at radius 3 is 2.29 bits per heavy atom. The number of ether oxygens (including phenoxy) is 1. The van der Waals surface area contributed by atoms with Crippen LogP contribution in [0.1, 0.15) is 35.3 Å². The lowest BCUT2D eigenvalue weighted by Crippen LogP contribution is -2.02. The molecular weight excluding hydrogens is 176 g/mol. The summed E-state index contributed by atoms with van der Waals surface area (Å²) in [5.41, 5.74) is 4.67. The molecule has 14 heavy (non-hydrogen) atoms. The molecule has 0 aliphatic rings. The molecule has 0 saturated heterocycles. The maximum atomic E-state index is 10.1. The molecule has 0 fully saturated rings. The Hall–Kier alpha value is -1.31. The van der Waals surface area contributed by atoms with E-state index in [0.29, 0.717) is 0 Å². The highest BCUT2D eigenvalue weighted by molar-refractivity contribution is 5.42. The third-order valence-corrected chi connectivity index (χ3v) is 2.55. The Kier molecular flexibility index (Phi) is 3.28. The fourth-order valence-electron chi connectivity index (χ4n) is 1.56. The summed E-state index contributed by atoms with van der Waals surface area (Å²) in [6, 6.07) is 4.17. The molecule has 0 bridgehead atoms. The first kappa shape index (κ1) is 10.8. The van der Waals surface area contributed by atoms with Crippen LogP contribution in [-0.2, 0) is 9.53 Å². The summed E-state index contributed by atoms with van der Waals surface area (Å²) < 4.78 is 4.80. The number of aryl methyl sites for hydroxylation is 3. The second-order valence-corrected chi connectivity index (χ2v) is 3.64. The Labute approximate surface area is 84.9 Å². The molecule has 0 aliphatic carbocycles. The Balaban J connectivity index is 3.08. The van der Waals surface area contributed by atoms with Gasteiger partial charge < -0.3 is 4.74 Å². The third-order valence-electron chi connectivity index (χ3n) is 2.55. The number of hydrogen-bond acceptors (Lipinski definition) is 2. The summed E-state index contributed by atoms with van der Waals surface area (Å²) in [7, 11) is 0. The Morgan fingerprint density at radius 2 is 1.71 bits per heavy atom. The molecular formula is C12H15O2. The first-order chi connectivity index (χ1) is 6.56. The predicted molar refractivity (Wildman–Crippen MR) is 55.8 cm³/mol.